The van der Waals surface area contributed by atoms with Gasteiger partial charge in [0, 0.05) is 30.4 Å². The lowest BCUT2D eigenvalue weighted by Gasteiger charge is -2.30. The Balaban J connectivity index is 2.00. The van der Waals surface area contributed by atoms with Crippen LogP contribution in [0.2, 0.25) is 0 Å². The summed E-state index contributed by atoms with van der Waals surface area (Å²) < 4.78 is 0. The van der Waals surface area contributed by atoms with Crippen LogP contribution in [0.4, 0.5) is 5.69 Å². The van der Waals surface area contributed by atoms with Gasteiger partial charge >= 0.3 is 0 Å². The highest BCUT2D eigenvalue weighted by Gasteiger charge is 2.19. The van der Waals surface area contributed by atoms with Crippen molar-refractivity contribution in [2.24, 2.45) is 0 Å². The zero-order valence-corrected chi connectivity index (χ0v) is 12.7. The van der Waals surface area contributed by atoms with E-state index < -0.39 is 0 Å². The topological polar surface area (TPSA) is 44.4 Å². The average molecular weight is 275 g/mol. The third kappa shape index (κ3) is 3.73. The molecule has 4 nitrogen and oxygen atoms in total. The van der Waals surface area contributed by atoms with Crippen molar-refractivity contribution in [2.45, 2.75) is 32.7 Å². The molecule has 1 saturated heterocycles. The molecule has 1 aromatic rings. The maximum absolute atomic E-state index is 12.3. The Hall–Kier alpha value is -1.55. The van der Waals surface area contributed by atoms with Crippen molar-refractivity contribution in [1.29, 1.82) is 0 Å². The minimum Gasteiger partial charge on any atom is -0.385 e. The first-order valence-electron chi connectivity index (χ1n) is 7.44. The van der Waals surface area contributed by atoms with Crippen molar-refractivity contribution >= 4 is 11.6 Å². The number of hydrogen-bond acceptors (Lipinski definition) is 3. The second kappa shape index (κ2) is 6.75. The molecule has 0 saturated carbocycles. The average Bonchev–Trinajstić information content (AvgIpc) is 2.41. The number of carbonyl (C=O) groups excluding carboxylic acids is 1. The third-order valence-corrected chi connectivity index (χ3v) is 3.82. The summed E-state index contributed by atoms with van der Waals surface area (Å²) in [6.07, 6.45) is 2.23. The third-order valence-electron chi connectivity index (χ3n) is 3.82. The van der Waals surface area contributed by atoms with Crippen LogP contribution in [0.1, 0.15) is 35.7 Å². The summed E-state index contributed by atoms with van der Waals surface area (Å²) in [6.45, 7) is 7.06. The van der Waals surface area contributed by atoms with E-state index >= 15 is 0 Å². The van der Waals surface area contributed by atoms with Gasteiger partial charge < -0.3 is 15.5 Å². The molecule has 110 valence electrons. The molecule has 0 bridgehead atoms. The van der Waals surface area contributed by atoms with E-state index in [-0.39, 0.29) is 11.9 Å². The second-order valence-corrected chi connectivity index (χ2v) is 5.63. The van der Waals surface area contributed by atoms with Crippen LogP contribution < -0.4 is 10.6 Å². The molecule has 0 radical (unpaired) electrons. The van der Waals surface area contributed by atoms with Gasteiger partial charge in [0.05, 0.1) is 0 Å². The number of rotatable bonds is 4. The van der Waals surface area contributed by atoms with Gasteiger partial charge in [-0.1, -0.05) is 0 Å². The van der Waals surface area contributed by atoms with Crippen LogP contribution in [-0.2, 0) is 0 Å². The van der Waals surface area contributed by atoms with Crippen molar-refractivity contribution in [3.63, 3.8) is 0 Å². The maximum atomic E-state index is 12.3. The summed E-state index contributed by atoms with van der Waals surface area (Å²) in [4.78, 5) is 14.6. The van der Waals surface area contributed by atoms with Crippen molar-refractivity contribution in [2.75, 3.05) is 32.0 Å². The van der Waals surface area contributed by atoms with E-state index in [1.165, 1.54) is 0 Å². The first-order chi connectivity index (χ1) is 9.60. The van der Waals surface area contributed by atoms with Gasteiger partial charge in [0.15, 0.2) is 0 Å². The number of hydrogen-bond donors (Lipinski definition) is 2. The lowest BCUT2D eigenvalue weighted by Crippen LogP contribution is -2.46. The molecule has 1 aromatic carbocycles. The predicted octanol–water partition coefficient (Wildman–Crippen LogP) is 2.25. The smallest absolute Gasteiger partial charge is 0.251 e. The number of anilines is 1. The van der Waals surface area contributed by atoms with Crippen LogP contribution in [0.25, 0.3) is 0 Å². The van der Waals surface area contributed by atoms with Gasteiger partial charge in [-0.3, -0.25) is 4.79 Å². The molecule has 20 heavy (non-hydrogen) atoms. The number of piperidine rings is 1. The normalized spacial score (nSPS) is 19.6. The lowest BCUT2D eigenvalue weighted by atomic mass is 10.0. The van der Waals surface area contributed by atoms with E-state index in [1.54, 1.807) is 0 Å². The van der Waals surface area contributed by atoms with E-state index in [0.717, 1.165) is 49.3 Å². The molecule has 0 aliphatic carbocycles. The maximum Gasteiger partial charge on any atom is 0.251 e. The molecule has 0 spiro atoms. The molecular formula is C16H25N3O. The fourth-order valence-electron chi connectivity index (χ4n) is 2.75. The monoisotopic (exact) mass is 275 g/mol. The van der Waals surface area contributed by atoms with Gasteiger partial charge in [0.25, 0.3) is 5.91 Å². The second-order valence-electron chi connectivity index (χ2n) is 5.63. The number of nitrogens with zero attached hydrogens (tertiary/aromatic N) is 1. The van der Waals surface area contributed by atoms with Gasteiger partial charge in [0.1, 0.15) is 0 Å². The highest BCUT2D eigenvalue weighted by molar-refractivity contribution is 5.95. The molecule has 1 aliphatic rings. The minimum atomic E-state index is 0.0384. The van der Waals surface area contributed by atoms with Gasteiger partial charge in [0.2, 0.25) is 0 Å². The van der Waals surface area contributed by atoms with E-state index in [9.17, 15) is 4.79 Å². The molecule has 1 fully saturated rings. The Morgan fingerprint density at radius 2 is 2.25 bits per heavy atom. The fraction of sp³-hybridized carbons (Fsp3) is 0.562. The van der Waals surface area contributed by atoms with Crippen molar-refractivity contribution in [1.82, 2.24) is 10.2 Å². The molecule has 4 heteroatoms. The summed E-state index contributed by atoms with van der Waals surface area (Å²) in [5, 5.41) is 6.43. The Kier molecular flexibility index (Phi) is 5.01. The number of aryl methyl sites for hydroxylation is 1. The molecule has 2 rings (SSSR count). The highest BCUT2D eigenvalue weighted by atomic mass is 16.1. The number of likely N-dealkylation sites (N-methyl/N-ethyl adjacent to an activating group) is 1. The van der Waals surface area contributed by atoms with Gasteiger partial charge in [-0.25, -0.2) is 0 Å². The van der Waals surface area contributed by atoms with Crippen LogP contribution in [0.5, 0.6) is 0 Å². The lowest BCUT2D eigenvalue weighted by molar-refractivity contribution is 0.0912. The highest BCUT2D eigenvalue weighted by Crippen LogP contribution is 2.17. The number of likely N-dealkylation sites (tertiary alicyclic amines) is 1. The van der Waals surface area contributed by atoms with Crippen molar-refractivity contribution in [3.05, 3.63) is 29.3 Å². The zero-order chi connectivity index (χ0) is 14.5. The zero-order valence-electron chi connectivity index (χ0n) is 12.7. The first kappa shape index (κ1) is 14.9. The van der Waals surface area contributed by atoms with Crippen LogP contribution in [0.3, 0.4) is 0 Å². The molecule has 1 unspecified atom stereocenters. The van der Waals surface area contributed by atoms with E-state index in [0.29, 0.717) is 0 Å². The van der Waals surface area contributed by atoms with Gasteiger partial charge in [-0.05, 0) is 64.0 Å². The molecule has 1 heterocycles. The van der Waals surface area contributed by atoms with E-state index in [1.807, 2.05) is 25.1 Å². The SMILES string of the molecule is CCNc1ccc(C(=O)NC2CCCN(C)C2)cc1C. The standard InChI is InChI=1S/C16H25N3O/c1-4-17-15-8-7-13(10-12(15)2)16(20)18-14-6-5-9-19(3)11-14/h7-8,10,14,17H,4-6,9,11H2,1-3H3,(H,18,20). The fourth-order valence-corrected chi connectivity index (χ4v) is 2.75. The number of benzene rings is 1. The van der Waals surface area contributed by atoms with E-state index in [2.05, 4.69) is 29.5 Å². The quantitative estimate of drug-likeness (QED) is 0.886. The molecular weight excluding hydrogens is 250 g/mol. The van der Waals surface area contributed by atoms with Gasteiger partial charge in [-0.15, -0.1) is 0 Å². The summed E-state index contributed by atoms with van der Waals surface area (Å²) in [5.74, 6) is 0.0384. The molecule has 1 atom stereocenters. The van der Waals surface area contributed by atoms with Crippen LogP contribution in [0, 0.1) is 6.92 Å². The van der Waals surface area contributed by atoms with Crippen LogP contribution in [-0.4, -0.2) is 43.5 Å². The number of amides is 1. The first-order valence-corrected chi connectivity index (χ1v) is 7.44. The van der Waals surface area contributed by atoms with Gasteiger partial charge in [-0.2, -0.15) is 0 Å². The minimum absolute atomic E-state index is 0.0384. The number of nitrogens with one attached hydrogen (secondary N) is 2. The predicted molar refractivity (Wildman–Crippen MR) is 83.3 cm³/mol. The summed E-state index contributed by atoms with van der Waals surface area (Å²) in [5.41, 5.74) is 2.96. The molecule has 0 aromatic heterocycles. The van der Waals surface area contributed by atoms with Crippen molar-refractivity contribution in [3.8, 4) is 0 Å². The summed E-state index contributed by atoms with van der Waals surface area (Å²) in [6, 6.07) is 6.11. The molecule has 2 N–H and O–H groups in total. The van der Waals surface area contributed by atoms with Crippen LogP contribution in [0.15, 0.2) is 18.2 Å². The largest absolute Gasteiger partial charge is 0.385 e. The van der Waals surface area contributed by atoms with E-state index in [4.69, 9.17) is 0 Å². The Morgan fingerprint density at radius 3 is 2.90 bits per heavy atom. The molecule has 1 amide bonds. The summed E-state index contributed by atoms with van der Waals surface area (Å²) in [7, 11) is 2.10. The van der Waals surface area contributed by atoms with Crippen molar-refractivity contribution < 1.29 is 4.79 Å². The molecule has 1 aliphatic heterocycles. The summed E-state index contributed by atoms with van der Waals surface area (Å²) >= 11 is 0. The Labute approximate surface area is 121 Å². The Morgan fingerprint density at radius 1 is 1.45 bits per heavy atom. The Bertz CT molecular complexity index is 473. The number of carbonyl (C=O) groups is 1. The van der Waals surface area contributed by atoms with Crippen LogP contribution >= 0.6 is 0 Å².